The van der Waals surface area contributed by atoms with Gasteiger partial charge < -0.3 is 4.90 Å². The van der Waals surface area contributed by atoms with Gasteiger partial charge in [0.15, 0.2) is 0 Å². The topological polar surface area (TPSA) is 32.3 Å². The van der Waals surface area contributed by atoms with E-state index in [0.29, 0.717) is 11.3 Å². The fourth-order valence-corrected chi connectivity index (χ4v) is 2.44. The largest absolute Gasteiger partial charge is 0.353 e. The summed E-state index contributed by atoms with van der Waals surface area (Å²) in [6.45, 7) is 7.34. The number of hydrogen-bond donors (Lipinski definition) is 0. The number of anilines is 1. The molecule has 0 radical (unpaired) electrons. The third kappa shape index (κ3) is 2.69. The van der Waals surface area contributed by atoms with Crippen LogP contribution < -0.4 is 4.90 Å². The summed E-state index contributed by atoms with van der Waals surface area (Å²) >= 11 is 5.88. The molecule has 0 spiro atoms. The van der Waals surface area contributed by atoms with Gasteiger partial charge >= 0.3 is 0 Å². The first kappa shape index (κ1) is 12.6. The minimum atomic E-state index is 0.331. The second kappa shape index (κ2) is 5.19. The molecule has 0 aromatic carbocycles. The van der Waals surface area contributed by atoms with Crippen LogP contribution in [0.1, 0.15) is 18.9 Å². The molecule has 94 valence electrons. The second-order valence-corrected chi connectivity index (χ2v) is 4.97. The molecule has 0 saturated carbocycles. The van der Waals surface area contributed by atoms with Crippen LogP contribution in [0.2, 0.25) is 5.28 Å². The van der Waals surface area contributed by atoms with Gasteiger partial charge in [-0.05, 0) is 32.0 Å². The van der Waals surface area contributed by atoms with Crippen LogP contribution in [0.4, 0.5) is 5.82 Å². The molecule has 1 aliphatic heterocycles. The lowest BCUT2D eigenvalue weighted by Gasteiger charge is -2.40. The molecule has 0 amide bonds. The zero-order chi connectivity index (χ0) is 12.4. The first-order chi connectivity index (χ1) is 8.11. The fourth-order valence-electron chi connectivity index (χ4n) is 2.31. The van der Waals surface area contributed by atoms with Crippen LogP contribution in [-0.4, -0.2) is 47.6 Å². The zero-order valence-electron chi connectivity index (χ0n) is 10.6. The Labute approximate surface area is 108 Å². The van der Waals surface area contributed by atoms with E-state index in [1.807, 2.05) is 6.92 Å². The average molecular weight is 255 g/mol. The van der Waals surface area contributed by atoms with Crippen LogP contribution in [0, 0.1) is 6.92 Å². The summed E-state index contributed by atoms with van der Waals surface area (Å²) in [5, 5.41) is 0.331. The van der Waals surface area contributed by atoms with Crippen molar-refractivity contribution in [3.05, 3.63) is 17.0 Å². The van der Waals surface area contributed by atoms with E-state index in [9.17, 15) is 0 Å². The number of rotatable bonds is 2. The van der Waals surface area contributed by atoms with Crippen molar-refractivity contribution in [2.24, 2.45) is 0 Å². The van der Waals surface area contributed by atoms with Gasteiger partial charge in [0, 0.05) is 37.4 Å². The Kier molecular flexibility index (Phi) is 3.84. The minimum Gasteiger partial charge on any atom is -0.353 e. The summed E-state index contributed by atoms with van der Waals surface area (Å²) in [4.78, 5) is 13.1. The third-order valence-corrected chi connectivity index (χ3v) is 3.65. The van der Waals surface area contributed by atoms with Crippen LogP contribution in [-0.2, 0) is 0 Å². The van der Waals surface area contributed by atoms with Crippen LogP contribution in [0.25, 0.3) is 0 Å². The van der Waals surface area contributed by atoms with Gasteiger partial charge in [-0.15, -0.1) is 0 Å². The Balaban J connectivity index is 2.20. The number of aromatic nitrogens is 2. The predicted octanol–water partition coefficient (Wildman–Crippen LogP) is 1.97. The van der Waals surface area contributed by atoms with E-state index in [1.165, 1.54) is 0 Å². The zero-order valence-corrected chi connectivity index (χ0v) is 11.4. The molecular formula is C12H19ClN4. The molecule has 17 heavy (non-hydrogen) atoms. The Hall–Kier alpha value is -0.870. The molecular weight excluding hydrogens is 236 g/mol. The highest BCUT2D eigenvalue weighted by Gasteiger charge is 2.24. The van der Waals surface area contributed by atoms with Gasteiger partial charge in [-0.3, -0.25) is 4.90 Å². The van der Waals surface area contributed by atoms with Crippen molar-refractivity contribution in [1.82, 2.24) is 14.9 Å². The molecule has 1 aromatic heterocycles. The van der Waals surface area contributed by atoms with Crippen molar-refractivity contribution in [1.29, 1.82) is 0 Å². The summed E-state index contributed by atoms with van der Waals surface area (Å²) in [6, 6.07) is 0.594. The molecule has 0 bridgehead atoms. The molecule has 2 heterocycles. The normalized spacial score (nSPS) is 21.9. The van der Waals surface area contributed by atoms with Gasteiger partial charge in [0.2, 0.25) is 5.28 Å². The molecule has 5 heteroatoms. The number of piperazine rings is 1. The monoisotopic (exact) mass is 254 g/mol. The molecule has 0 N–H and O–H groups in total. The molecule has 1 unspecified atom stereocenters. The smallest absolute Gasteiger partial charge is 0.224 e. The van der Waals surface area contributed by atoms with Crippen molar-refractivity contribution < 1.29 is 0 Å². The number of aryl methyl sites for hydroxylation is 1. The van der Waals surface area contributed by atoms with Gasteiger partial charge in [-0.2, -0.15) is 0 Å². The molecule has 1 aliphatic rings. The predicted molar refractivity (Wildman–Crippen MR) is 70.7 cm³/mol. The lowest BCUT2D eigenvalue weighted by Crippen LogP contribution is -2.51. The summed E-state index contributed by atoms with van der Waals surface area (Å²) in [5.41, 5.74) is 1.09. The van der Waals surface area contributed by atoms with Crippen LogP contribution in [0.5, 0.6) is 0 Å². The third-order valence-electron chi connectivity index (χ3n) is 3.46. The number of nitrogens with zero attached hydrogens (tertiary/aromatic N) is 4. The van der Waals surface area contributed by atoms with Crippen molar-refractivity contribution >= 4 is 17.4 Å². The lowest BCUT2D eigenvalue weighted by molar-refractivity contribution is 0.213. The maximum atomic E-state index is 5.88. The second-order valence-electron chi connectivity index (χ2n) is 4.63. The highest BCUT2D eigenvalue weighted by molar-refractivity contribution is 6.28. The van der Waals surface area contributed by atoms with E-state index in [0.717, 1.165) is 37.4 Å². The Morgan fingerprint density at radius 1 is 1.47 bits per heavy atom. The highest BCUT2D eigenvalue weighted by atomic mass is 35.5. The molecule has 1 aromatic rings. The van der Waals surface area contributed by atoms with Crippen molar-refractivity contribution in [3.63, 3.8) is 0 Å². The standard InChI is InChI=1S/C12H19ClN4/c1-4-10-8-17(6-5-16(10)3)11-9(2)7-14-12(13)15-11/h7,10H,4-6,8H2,1-3H3. The molecule has 1 saturated heterocycles. The van der Waals surface area contributed by atoms with E-state index < -0.39 is 0 Å². The summed E-state index contributed by atoms with van der Waals surface area (Å²) in [6.07, 6.45) is 2.95. The summed E-state index contributed by atoms with van der Waals surface area (Å²) in [7, 11) is 2.19. The summed E-state index contributed by atoms with van der Waals surface area (Å²) < 4.78 is 0. The molecule has 2 rings (SSSR count). The Morgan fingerprint density at radius 3 is 2.94 bits per heavy atom. The minimum absolute atomic E-state index is 0.331. The molecule has 0 aliphatic carbocycles. The summed E-state index contributed by atoms with van der Waals surface area (Å²) in [5.74, 6) is 0.983. The van der Waals surface area contributed by atoms with E-state index in [1.54, 1.807) is 6.20 Å². The number of halogens is 1. The van der Waals surface area contributed by atoms with E-state index in [4.69, 9.17) is 11.6 Å². The Morgan fingerprint density at radius 2 is 2.24 bits per heavy atom. The van der Waals surface area contributed by atoms with Gasteiger partial charge in [-0.1, -0.05) is 6.92 Å². The van der Waals surface area contributed by atoms with Crippen LogP contribution in [0.3, 0.4) is 0 Å². The van der Waals surface area contributed by atoms with Crippen molar-refractivity contribution in [2.45, 2.75) is 26.3 Å². The number of hydrogen-bond acceptors (Lipinski definition) is 4. The highest BCUT2D eigenvalue weighted by Crippen LogP contribution is 2.22. The van der Waals surface area contributed by atoms with E-state index >= 15 is 0 Å². The average Bonchev–Trinajstić information content (AvgIpc) is 2.33. The SMILES string of the molecule is CCC1CN(c2nc(Cl)ncc2C)CCN1C. The maximum absolute atomic E-state index is 5.88. The van der Waals surface area contributed by atoms with E-state index in [2.05, 4.69) is 33.7 Å². The van der Waals surface area contributed by atoms with Crippen LogP contribution in [0.15, 0.2) is 6.20 Å². The van der Waals surface area contributed by atoms with Gasteiger partial charge in [0.1, 0.15) is 5.82 Å². The first-order valence-corrected chi connectivity index (χ1v) is 6.44. The van der Waals surface area contributed by atoms with Crippen LogP contribution >= 0.6 is 11.6 Å². The molecule has 1 atom stereocenters. The maximum Gasteiger partial charge on any atom is 0.224 e. The number of likely N-dealkylation sites (N-methyl/N-ethyl adjacent to an activating group) is 1. The quantitative estimate of drug-likeness (QED) is 0.756. The van der Waals surface area contributed by atoms with Gasteiger partial charge in [-0.25, -0.2) is 9.97 Å². The fraction of sp³-hybridized carbons (Fsp3) is 0.667. The molecule has 1 fully saturated rings. The van der Waals surface area contributed by atoms with Crippen molar-refractivity contribution in [2.75, 3.05) is 31.6 Å². The van der Waals surface area contributed by atoms with E-state index in [-0.39, 0.29) is 0 Å². The first-order valence-electron chi connectivity index (χ1n) is 6.06. The Bertz CT molecular complexity index is 396. The lowest BCUT2D eigenvalue weighted by atomic mass is 10.1. The van der Waals surface area contributed by atoms with Gasteiger partial charge in [0.05, 0.1) is 0 Å². The molecule has 4 nitrogen and oxygen atoms in total. The van der Waals surface area contributed by atoms with Gasteiger partial charge in [0.25, 0.3) is 0 Å². The van der Waals surface area contributed by atoms with Crippen molar-refractivity contribution in [3.8, 4) is 0 Å².